The zero-order valence-electron chi connectivity index (χ0n) is 9.91. The Balaban J connectivity index is 2.31. The second kappa shape index (κ2) is 3.31. The molecule has 0 spiro atoms. The van der Waals surface area contributed by atoms with Crippen LogP contribution in [-0.2, 0) is 10.3 Å². The van der Waals surface area contributed by atoms with Crippen molar-refractivity contribution in [2.24, 2.45) is 4.99 Å². The SMILES string of the molecule is Cc1oc2c(C3(N=C=O)CC3)cccc2c1C. The quantitative estimate of drug-likeness (QED) is 0.583. The third-order valence-electron chi connectivity index (χ3n) is 3.69. The number of aryl methyl sites for hydroxylation is 2. The molecule has 86 valence electrons. The summed E-state index contributed by atoms with van der Waals surface area (Å²) in [7, 11) is 0. The van der Waals surface area contributed by atoms with E-state index in [0.29, 0.717) is 0 Å². The number of carbonyl (C=O) groups excluding carboxylic acids is 1. The van der Waals surface area contributed by atoms with E-state index in [0.717, 1.165) is 40.7 Å². The normalized spacial score (nSPS) is 16.8. The monoisotopic (exact) mass is 227 g/mol. The Morgan fingerprint density at radius 2 is 2.12 bits per heavy atom. The number of aliphatic imine (C=N–C) groups is 1. The number of hydrogen-bond donors (Lipinski definition) is 0. The highest BCUT2D eigenvalue weighted by atomic mass is 16.3. The smallest absolute Gasteiger partial charge is 0.235 e. The van der Waals surface area contributed by atoms with E-state index in [1.807, 2.05) is 32.0 Å². The first-order chi connectivity index (χ1) is 8.18. The van der Waals surface area contributed by atoms with E-state index < -0.39 is 0 Å². The van der Waals surface area contributed by atoms with Crippen LogP contribution in [0.5, 0.6) is 0 Å². The summed E-state index contributed by atoms with van der Waals surface area (Å²) in [6.45, 7) is 4.01. The fourth-order valence-corrected chi connectivity index (χ4v) is 2.38. The van der Waals surface area contributed by atoms with Gasteiger partial charge in [0.15, 0.2) is 0 Å². The molecule has 17 heavy (non-hydrogen) atoms. The van der Waals surface area contributed by atoms with Gasteiger partial charge in [-0.05, 0) is 32.3 Å². The van der Waals surface area contributed by atoms with Crippen molar-refractivity contribution >= 4 is 17.0 Å². The fourth-order valence-electron chi connectivity index (χ4n) is 2.38. The van der Waals surface area contributed by atoms with Crippen LogP contribution >= 0.6 is 0 Å². The summed E-state index contributed by atoms with van der Waals surface area (Å²) in [4.78, 5) is 14.5. The topological polar surface area (TPSA) is 42.6 Å². The van der Waals surface area contributed by atoms with Crippen LogP contribution in [0.4, 0.5) is 0 Å². The lowest BCUT2D eigenvalue weighted by molar-refractivity contribution is 0.550. The van der Waals surface area contributed by atoms with E-state index in [1.165, 1.54) is 0 Å². The molecule has 0 amide bonds. The molecule has 1 aliphatic rings. The molecule has 0 atom stereocenters. The maximum Gasteiger partial charge on any atom is 0.235 e. The van der Waals surface area contributed by atoms with Gasteiger partial charge in [-0.2, -0.15) is 4.99 Å². The maximum absolute atomic E-state index is 10.5. The molecule has 0 bridgehead atoms. The Morgan fingerprint density at radius 3 is 2.76 bits per heavy atom. The highest BCUT2D eigenvalue weighted by molar-refractivity contribution is 5.86. The van der Waals surface area contributed by atoms with Gasteiger partial charge in [-0.15, -0.1) is 0 Å². The number of para-hydroxylation sites is 1. The predicted octanol–water partition coefficient (Wildman–Crippen LogP) is 3.37. The molecule has 1 aromatic carbocycles. The van der Waals surface area contributed by atoms with Gasteiger partial charge in [0, 0.05) is 10.9 Å². The minimum atomic E-state index is -0.363. The second-order valence-corrected chi connectivity index (χ2v) is 4.70. The number of benzene rings is 1. The van der Waals surface area contributed by atoms with Crippen molar-refractivity contribution < 1.29 is 9.21 Å². The van der Waals surface area contributed by atoms with Crippen molar-refractivity contribution in [3.8, 4) is 0 Å². The molecule has 1 aliphatic carbocycles. The van der Waals surface area contributed by atoms with E-state index in [-0.39, 0.29) is 5.54 Å². The Bertz CT molecular complexity index is 644. The van der Waals surface area contributed by atoms with Crippen molar-refractivity contribution in [2.75, 3.05) is 0 Å². The standard InChI is InChI=1S/C14H13NO2/c1-9-10(2)17-13-11(9)4-3-5-12(13)14(6-7-14)15-8-16/h3-5H,6-7H2,1-2H3. The first-order valence-electron chi connectivity index (χ1n) is 5.76. The van der Waals surface area contributed by atoms with E-state index in [1.54, 1.807) is 6.08 Å². The number of rotatable bonds is 2. The molecule has 0 unspecified atom stereocenters. The third-order valence-corrected chi connectivity index (χ3v) is 3.69. The molecule has 1 heterocycles. The van der Waals surface area contributed by atoms with Crippen LogP contribution in [0.1, 0.15) is 29.7 Å². The molecule has 3 heteroatoms. The summed E-state index contributed by atoms with van der Waals surface area (Å²) in [5.74, 6) is 0.929. The second-order valence-electron chi connectivity index (χ2n) is 4.70. The number of hydrogen-bond acceptors (Lipinski definition) is 3. The summed E-state index contributed by atoms with van der Waals surface area (Å²) in [6.07, 6.45) is 3.49. The predicted molar refractivity (Wildman–Crippen MR) is 64.7 cm³/mol. The summed E-state index contributed by atoms with van der Waals surface area (Å²) in [6, 6.07) is 6.05. The summed E-state index contributed by atoms with van der Waals surface area (Å²) in [5.41, 5.74) is 2.69. The van der Waals surface area contributed by atoms with Crippen LogP contribution in [0.15, 0.2) is 27.6 Å². The molecule has 3 rings (SSSR count). The fraction of sp³-hybridized carbons (Fsp3) is 0.357. The molecular formula is C14H13NO2. The molecule has 1 aromatic heterocycles. The maximum atomic E-state index is 10.5. The number of fused-ring (bicyclic) bond motifs is 1. The highest BCUT2D eigenvalue weighted by Crippen LogP contribution is 2.51. The zero-order valence-corrected chi connectivity index (χ0v) is 9.91. The lowest BCUT2D eigenvalue weighted by Gasteiger charge is -2.08. The van der Waals surface area contributed by atoms with Gasteiger partial charge in [0.05, 0.1) is 0 Å². The summed E-state index contributed by atoms with van der Waals surface area (Å²) < 4.78 is 5.81. The van der Waals surface area contributed by atoms with Gasteiger partial charge >= 0.3 is 0 Å². The van der Waals surface area contributed by atoms with E-state index in [9.17, 15) is 4.79 Å². The van der Waals surface area contributed by atoms with Gasteiger partial charge < -0.3 is 4.42 Å². The van der Waals surface area contributed by atoms with Crippen LogP contribution in [0.3, 0.4) is 0 Å². The number of nitrogens with zero attached hydrogens (tertiary/aromatic N) is 1. The van der Waals surface area contributed by atoms with Crippen molar-refractivity contribution in [2.45, 2.75) is 32.2 Å². The average Bonchev–Trinajstić information content (AvgIpc) is 3.03. The van der Waals surface area contributed by atoms with Crippen LogP contribution in [0.25, 0.3) is 11.0 Å². The van der Waals surface area contributed by atoms with Crippen LogP contribution in [0, 0.1) is 13.8 Å². The van der Waals surface area contributed by atoms with Gasteiger partial charge in [0.1, 0.15) is 16.9 Å². The molecule has 2 aromatic rings. The van der Waals surface area contributed by atoms with Crippen molar-refractivity contribution in [1.82, 2.24) is 0 Å². The van der Waals surface area contributed by atoms with Gasteiger partial charge in [-0.25, -0.2) is 4.79 Å². The molecule has 0 radical (unpaired) electrons. The van der Waals surface area contributed by atoms with Gasteiger partial charge in [-0.1, -0.05) is 18.2 Å². The number of isocyanates is 1. The Morgan fingerprint density at radius 1 is 1.35 bits per heavy atom. The molecule has 1 fully saturated rings. The van der Waals surface area contributed by atoms with Crippen molar-refractivity contribution in [3.05, 3.63) is 35.1 Å². The van der Waals surface area contributed by atoms with Crippen LogP contribution < -0.4 is 0 Å². The van der Waals surface area contributed by atoms with Crippen LogP contribution in [0.2, 0.25) is 0 Å². The Hall–Kier alpha value is -1.86. The lowest BCUT2D eigenvalue weighted by Crippen LogP contribution is -2.02. The van der Waals surface area contributed by atoms with E-state index >= 15 is 0 Å². The van der Waals surface area contributed by atoms with Gasteiger partial charge in [0.25, 0.3) is 0 Å². The first kappa shape index (κ1) is 10.3. The molecule has 0 N–H and O–H groups in total. The lowest BCUT2D eigenvalue weighted by atomic mass is 10.0. The van der Waals surface area contributed by atoms with Gasteiger partial charge in [-0.3, -0.25) is 0 Å². The van der Waals surface area contributed by atoms with Crippen molar-refractivity contribution in [1.29, 1.82) is 0 Å². The minimum absolute atomic E-state index is 0.363. The molecule has 1 saturated carbocycles. The zero-order chi connectivity index (χ0) is 12.0. The minimum Gasteiger partial charge on any atom is -0.461 e. The summed E-state index contributed by atoms with van der Waals surface area (Å²) >= 11 is 0. The first-order valence-corrected chi connectivity index (χ1v) is 5.76. The Kier molecular flexibility index (Phi) is 2.01. The Labute approximate surface area is 99.1 Å². The highest BCUT2D eigenvalue weighted by Gasteiger charge is 2.46. The summed E-state index contributed by atoms with van der Waals surface area (Å²) in [5, 5.41) is 1.12. The number of furan rings is 1. The molecule has 0 saturated heterocycles. The molecule has 0 aliphatic heterocycles. The van der Waals surface area contributed by atoms with E-state index in [2.05, 4.69) is 4.99 Å². The van der Waals surface area contributed by atoms with Crippen LogP contribution in [-0.4, -0.2) is 6.08 Å². The van der Waals surface area contributed by atoms with Crippen molar-refractivity contribution in [3.63, 3.8) is 0 Å². The third kappa shape index (κ3) is 1.36. The van der Waals surface area contributed by atoms with E-state index in [4.69, 9.17) is 4.42 Å². The van der Waals surface area contributed by atoms with Gasteiger partial charge in [0.2, 0.25) is 6.08 Å². The average molecular weight is 227 g/mol. The molecular weight excluding hydrogens is 214 g/mol. The largest absolute Gasteiger partial charge is 0.461 e. The molecule has 3 nitrogen and oxygen atoms in total.